The van der Waals surface area contributed by atoms with E-state index in [9.17, 15) is 18.0 Å². The lowest BCUT2D eigenvalue weighted by Gasteiger charge is -2.24. The summed E-state index contributed by atoms with van der Waals surface area (Å²) in [6.07, 6.45) is -5.77. The first-order valence-corrected chi connectivity index (χ1v) is 5.02. The zero-order chi connectivity index (χ0) is 13.0. The Bertz CT molecular complexity index is 233. The number of hydrogen-bond donors (Lipinski definition) is 0. The molecule has 3 nitrogen and oxygen atoms in total. The van der Waals surface area contributed by atoms with Crippen molar-refractivity contribution in [2.75, 3.05) is 13.6 Å². The molecular formula is C10H18F3NO2. The van der Waals surface area contributed by atoms with Crippen molar-refractivity contribution in [2.24, 2.45) is 0 Å². The van der Waals surface area contributed by atoms with Crippen molar-refractivity contribution >= 4 is 6.09 Å². The van der Waals surface area contributed by atoms with Crippen molar-refractivity contribution in [3.63, 3.8) is 0 Å². The van der Waals surface area contributed by atoms with Crippen molar-refractivity contribution in [3.8, 4) is 0 Å². The van der Waals surface area contributed by atoms with Crippen LogP contribution in [0.5, 0.6) is 0 Å². The van der Waals surface area contributed by atoms with Gasteiger partial charge in [-0.2, -0.15) is 13.2 Å². The van der Waals surface area contributed by atoms with Gasteiger partial charge < -0.3 is 9.64 Å². The summed E-state index contributed by atoms with van der Waals surface area (Å²) >= 11 is 0. The summed E-state index contributed by atoms with van der Waals surface area (Å²) in [7, 11) is 1.42. The third kappa shape index (κ3) is 8.38. The number of rotatable bonds is 3. The minimum absolute atomic E-state index is 0.0361. The molecule has 96 valence electrons. The van der Waals surface area contributed by atoms with Crippen LogP contribution in [0.3, 0.4) is 0 Å². The van der Waals surface area contributed by atoms with Crippen LogP contribution in [0.2, 0.25) is 0 Å². The molecule has 0 spiro atoms. The predicted molar refractivity (Wildman–Crippen MR) is 54.2 cm³/mol. The van der Waals surface area contributed by atoms with Gasteiger partial charge in [0.1, 0.15) is 5.60 Å². The average Bonchev–Trinajstić information content (AvgIpc) is 1.98. The number of halogens is 3. The molecule has 0 heterocycles. The zero-order valence-electron chi connectivity index (χ0n) is 10.0. The van der Waals surface area contributed by atoms with Crippen molar-refractivity contribution in [1.82, 2.24) is 4.90 Å². The number of carbonyl (C=O) groups is 1. The Balaban J connectivity index is 3.89. The second kappa shape index (κ2) is 5.41. The van der Waals surface area contributed by atoms with Crippen molar-refractivity contribution in [1.29, 1.82) is 0 Å². The summed E-state index contributed by atoms with van der Waals surface area (Å²) < 4.78 is 40.5. The maximum absolute atomic E-state index is 11.8. The van der Waals surface area contributed by atoms with Gasteiger partial charge in [0.25, 0.3) is 0 Å². The van der Waals surface area contributed by atoms with Gasteiger partial charge >= 0.3 is 12.3 Å². The van der Waals surface area contributed by atoms with E-state index in [1.165, 1.54) is 7.05 Å². The summed E-state index contributed by atoms with van der Waals surface area (Å²) in [4.78, 5) is 12.5. The SMILES string of the molecule is CN(CCCC(F)(F)F)C(=O)OC(C)(C)C. The van der Waals surface area contributed by atoms with Crippen LogP contribution in [0, 0.1) is 0 Å². The fourth-order valence-electron chi connectivity index (χ4n) is 0.948. The monoisotopic (exact) mass is 241 g/mol. The largest absolute Gasteiger partial charge is 0.444 e. The van der Waals surface area contributed by atoms with E-state index in [-0.39, 0.29) is 13.0 Å². The van der Waals surface area contributed by atoms with Gasteiger partial charge in [-0.25, -0.2) is 4.79 Å². The molecule has 0 rings (SSSR count). The average molecular weight is 241 g/mol. The summed E-state index contributed by atoms with van der Waals surface area (Å²) in [5.74, 6) is 0. The molecule has 0 bridgehead atoms. The second-order valence-corrected chi connectivity index (χ2v) is 4.62. The van der Waals surface area contributed by atoms with E-state index in [2.05, 4.69) is 0 Å². The molecule has 0 aromatic heterocycles. The van der Waals surface area contributed by atoms with E-state index < -0.39 is 24.3 Å². The molecule has 0 saturated carbocycles. The van der Waals surface area contributed by atoms with Crippen LogP contribution in [-0.2, 0) is 4.74 Å². The number of carbonyl (C=O) groups excluding carboxylic acids is 1. The molecular weight excluding hydrogens is 223 g/mol. The topological polar surface area (TPSA) is 29.5 Å². The number of nitrogens with zero attached hydrogens (tertiary/aromatic N) is 1. The van der Waals surface area contributed by atoms with Gasteiger partial charge in [-0.15, -0.1) is 0 Å². The molecule has 0 fully saturated rings. The van der Waals surface area contributed by atoms with E-state index in [0.29, 0.717) is 0 Å². The lowest BCUT2D eigenvalue weighted by molar-refractivity contribution is -0.136. The lowest BCUT2D eigenvalue weighted by atomic mass is 10.2. The summed E-state index contributed by atoms with van der Waals surface area (Å²) in [6, 6.07) is 0. The minimum Gasteiger partial charge on any atom is -0.444 e. The van der Waals surface area contributed by atoms with Crippen LogP contribution in [0.4, 0.5) is 18.0 Å². The zero-order valence-corrected chi connectivity index (χ0v) is 10.0. The smallest absolute Gasteiger partial charge is 0.410 e. The fraction of sp³-hybridized carbons (Fsp3) is 0.900. The van der Waals surface area contributed by atoms with Crippen LogP contribution in [-0.4, -0.2) is 36.4 Å². The first kappa shape index (κ1) is 15.1. The van der Waals surface area contributed by atoms with E-state index in [1.807, 2.05) is 0 Å². The minimum atomic E-state index is -4.17. The molecule has 0 aliphatic rings. The second-order valence-electron chi connectivity index (χ2n) is 4.62. The number of hydrogen-bond acceptors (Lipinski definition) is 2. The van der Waals surface area contributed by atoms with E-state index in [1.54, 1.807) is 20.8 Å². The lowest BCUT2D eigenvalue weighted by Crippen LogP contribution is -2.35. The Morgan fingerprint density at radius 1 is 1.25 bits per heavy atom. The highest BCUT2D eigenvalue weighted by atomic mass is 19.4. The first-order chi connectivity index (χ1) is 7.01. The van der Waals surface area contributed by atoms with Crippen molar-refractivity contribution in [3.05, 3.63) is 0 Å². The molecule has 0 N–H and O–H groups in total. The predicted octanol–water partition coefficient (Wildman–Crippen LogP) is 3.20. The molecule has 0 aromatic rings. The van der Waals surface area contributed by atoms with Crippen molar-refractivity contribution in [2.45, 2.75) is 45.4 Å². The van der Waals surface area contributed by atoms with E-state index in [0.717, 1.165) is 4.90 Å². The Kier molecular flexibility index (Phi) is 5.09. The molecule has 6 heteroatoms. The van der Waals surface area contributed by atoms with E-state index in [4.69, 9.17) is 4.74 Å². The molecule has 0 radical (unpaired) electrons. The summed E-state index contributed by atoms with van der Waals surface area (Å²) in [6.45, 7) is 5.14. The van der Waals surface area contributed by atoms with E-state index >= 15 is 0 Å². The Hall–Kier alpha value is -0.940. The first-order valence-electron chi connectivity index (χ1n) is 5.02. The quantitative estimate of drug-likeness (QED) is 0.759. The van der Waals surface area contributed by atoms with Crippen LogP contribution in [0.1, 0.15) is 33.6 Å². The maximum Gasteiger partial charge on any atom is 0.410 e. The van der Waals surface area contributed by atoms with Gasteiger partial charge in [-0.05, 0) is 27.2 Å². The standard InChI is InChI=1S/C10H18F3NO2/c1-9(2,3)16-8(15)14(4)7-5-6-10(11,12)13/h5-7H2,1-4H3. The van der Waals surface area contributed by atoms with Gasteiger partial charge in [0, 0.05) is 20.0 Å². The molecule has 0 aliphatic heterocycles. The molecule has 0 unspecified atom stereocenters. The highest BCUT2D eigenvalue weighted by Crippen LogP contribution is 2.21. The number of amides is 1. The van der Waals surface area contributed by atoms with Crippen LogP contribution in [0.25, 0.3) is 0 Å². The normalized spacial score (nSPS) is 12.4. The number of alkyl halides is 3. The molecule has 0 saturated heterocycles. The van der Waals surface area contributed by atoms with Gasteiger partial charge in [0.15, 0.2) is 0 Å². The van der Waals surface area contributed by atoms with Gasteiger partial charge in [-0.1, -0.05) is 0 Å². The third-order valence-electron chi connectivity index (χ3n) is 1.66. The number of ether oxygens (including phenoxy) is 1. The molecule has 0 atom stereocenters. The van der Waals surface area contributed by atoms with Crippen molar-refractivity contribution < 1.29 is 22.7 Å². The third-order valence-corrected chi connectivity index (χ3v) is 1.66. The molecule has 0 aliphatic carbocycles. The van der Waals surface area contributed by atoms with Gasteiger partial charge in [0.2, 0.25) is 0 Å². The Morgan fingerprint density at radius 3 is 2.12 bits per heavy atom. The summed E-state index contributed by atoms with van der Waals surface area (Å²) in [5.41, 5.74) is -0.630. The van der Waals surface area contributed by atoms with Crippen LogP contribution in [0.15, 0.2) is 0 Å². The Morgan fingerprint density at radius 2 is 1.75 bits per heavy atom. The van der Waals surface area contributed by atoms with Crippen LogP contribution >= 0.6 is 0 Å². The van der Waals surface area contributed by atoms with Crippen LogP contribution < -0.4 is 0 Å². The fourth-order valence-corrected chi connectivity index (χ4v) is 0.948. The maximum atomic E-state index is 11.8. The Labute approximate surface area is 93.6 Å². The summed E-state index contributed by atoms with van der Waals surface area (Å²) in [5, 5.41) is 0. The highest BCUT2D eigenvalue weighted by molar-refractivity contribution is 5.67. The van der Waals surface area contributed by atoms with Gasteiger partial charge in [0.05, 0.1) is 0 Å². The van der Waals surface area contributed by atoms with Gasteiger partial charge in [-0.3, -0.25) is 0 Å². The highest BCUT2D eigenvalue weighted by Gasteiger charge is 2.27. The molecule has 16 heavy (non-hydrogen) atoms. The molecule has 0 aromatic carbocycles. The molecule has 1 amide bonds.